The van der Waals surface area contributed by atoms with E-state index in [1.807, 2.05) is 24.3 Å². The number of fused-ring (bicyclic) bond motifs is 1. The molecule has 2 heterocycles. The van der Waals surface area contributed by atoms with Crippen LogP contribution in [0.3, 0.4) is 0 Å². The number of methoxy groups -OCH3 is 2. The number of rotatable bonds is 10. The van der Waals surface area contributed by atoms with Crippen LogP contribution in [-0.4, -0.2) is 81.4 Å². The van der Waals surface area contributed by atoms with Crippen molar-refractivity contribution in [3.63, 3.8) is 0 Å². The lowest BCUT2D eigenvalue weighted by Crippen LogP contribution is -2.48. The van der Waals surface area contributed by atoms with Crippen molar-refractivity contribution in [2.75, 3.05) is 60.3 Å². The van der Waals surface area contributed by atoms with Crippen LogP contribution in [0.25, 0.3) is 0 Å². The molecular weight excluding hydrogens is 412 g/mol. The standard InChI is InChI=1S/C24H32N2O6/c1-28-21-4-6-22(29-2)19(12-21)15-30-16-20(27)14-26-9-7-25(8-10-26)13-18-3-5-23-24(11-18)32-17-31-23/h3-6,11-12,20,27H,7-10,13-17H2,1-2H3/t20-/m0/s1. The molecule has 1 N–H and O–H groups in total. The predicted octanol–water partition coefficient (Wildman–Crippen LogP) is 2.13. The van der Waals surface area contributed by atoms with Gasteiger partial charge in [0, 0.05) is 44.8 Å². The van der Waals surface area contributed by atoms with Crippen molar-refractivity contribution < 1.29 is 28.8 Å². The Balaban J connectivity index is 1.17. The summed E-state index contributed by atoms with van der Waals surface area (Å²) < 4.78 is 27.2. The number of hydrogen-bond acceptors (Lipinski definition) is 8. The lowest BCUT2D eigenvalue weighted by molar-refractivity contribution is 0.000451. The summed E-state index contributed by atoms with van der Waals surface area (Å²) in [4.78, 5) is 4.71. The van der Waals surface area contributed by atoms with Gasteiger partial charge in [-0.05, 0) is 35.9 Å². The van der Waals surface area contributed by atoms with Gasteiger partial charge in [-0.15, -0.1) is 0 Å². The highest BCUT2D eigenvalue weighted by Gasteiger charge is 2.21. The average molecular weight is 445 g/mol. The summed E-state index contributed by atoms with van der Waals surface area (Å²) in [5.74, 6) is 3.15. The van der Waals surface area contributed by atoms with Gasteiger partial charge in [-0.25, -0.2) is 0 Å². The largest absolute Gasteiger partial charge is 0.497 e. The molecule has 0 spiro atoms. The Labute approximate surface area is 189 Å². The minimum absolute atomic E-state index is 0.276. The van der Waals surface area contributed by atoms with Crippen LogP contribution in [0.15, 0.2) is 36.4 Å². The fourth-order valence-electron chi connectivity index (χ4n) is 4.08. The Morgan fingerprint density at radius 2 is 1.72 bits per heavy atom. The summed E-state index contributed by atoms with van der Waals surface area (Å²) in [5, 5.41) is 10.4. The van der Waals surface area contributed by atoms with E-state index in [1.54, 1.807) is 14.2 Å². The maximum Gasteiger partial charge on any atom is 0.231 e. The molecule has 8 nitrogen and oxygen atoms in total. The second-order valence-electron chi connectivity index (χ2n) is 8.11. The average Bonchev–Trinajstić information content (AvgIpc) is 3.28. The van der Waals surface area contributed by atoms with Gasteiger partial charge in [0.2, 0.25) is 6.79 Å². The van der Waals surface area contributed by atoms with Crippen LogP contribution in [0.5, 0.6) is 23.0 Å². The molecule has 1 atom stereocenters. The quantitative estimate of drug-likeness (QED) is 0.598. The molecule has 8 heteroatoms. The van der Waals surface area contributed by atoms with Crippen molar-refractivity contribution in [3.8, 4) is 23.0 Å². The van der Waals surface area contributed by atoms with E-state index in [0.717, 1.165) is 61.3 Å². The zero-order valence-electron chi connectivity index (χ0n) is 18.8. The lowest BCUT2D eigenvalue weighted by Gasteiger charge is -2.35. The van der Waals surface area contributed by atoms with E-state index >= 15 is 0 Å². The maximum absolute atomic E-state index is 10.4. The Bertz CT molecular complexity index is 885. The van der Waals surface area contributed by atoms with Crippen LogP contribution in [0.2, 0.25) is 0 Å². The number of nitrogens with zero attached hydrogens (tertiary/aromatic N) is 2. The van der Waals surface area contributed by atoms with Crippen molar-refractivity contribution in [2.24, 2.45) is 0 Å². The second-order valence-corrected chi connectivity index (χ2v) is 8.11. The molecule has 0 aliphatic carbocycles. The van der Waals surface area contributed by atoms with Crippen molar-refractivity contribution in [1.29, 1.82) is 0 Å². The monoisotopic (exact) mass is 444 g/mol. The van der Waals surface area contributed by atoms with Crippen molar-refractivity contribution in [3.05, 3.63) is 47.5 Å². The molecule has 0 aromatic heterocycles. The van der Waals surface area contributed by atoms with Gasteiger partial charge in [0.25, 0.3) is 0 Å². The highest BCUT2D eigenvalue weighted by atomic mass is 16.7. The van der Waals surface area contributed by atoms with Gasteiger partial charge in [0.15, 0.2) is 11.5 Å². The number of aliphatic hydroxyl groups excluding tert-OH is 1. The van der Waals surface area contributed by atoms with Crippen LogP contribution >= 0.6 is 0 Å². The second kappa shape index (κ2) is 10.9. The molecule has 2 aliphatic rings. The van der Waals surface area contributed by atoms with Gasteiger partial charge in [-0.3, -0.25) is 9.80 Å². The van der Waals surface area contributed by atoms with Gasteiger partial charge >= 0.3 is 0 Å². The Morgan fingerprint density at radius 3 is 2.50 bits per heavy atom. The normalized spacial score (nSPS) is 17.3. The first-order valence-corrected chi connectivity index (χ1v) is 10.9. The molecule has 1 saturated heterocycles. The van der Waals surface area contributed by atoms with Crippen molar-refractivity contribution >= 4 is 0 Å². The van der Waals surface area contributed by atoms with Gasteiger partial charge in [0.05, 0.1) is 33.5 Å². The summed E-state index contributed by atoms with van der Waals surface area (Å²) in [6.45, 7) is 6.20. The maximum atomic E-state index is 10.4. The molecule has 2 aromatic rings. The first-order valence-electron chi connectivity index (χ1n) is 10.9. The highest BCUT2D eigenvalue weighted by Crippen LogP contribution is 2.33. The first-order chi connectivity index (χ1) is 15.6. The fraction of sp³-hybridized carbons (Fsp3) is 0.500. The van der Waals surface area contributed by atoms with Crippen molar-refractivity contribution in [1.82, 2.24) is 9.80 Å². The van der Waals surface area contributed by atoms with Crippen LogP contribution in [0, 0.1) is 0 Å². The van der Waals surface area contributed by atoms with Crippen LogP contribution in [-0.2, 0) is 17.9 Å². The summed E-state index contributed by atoms with van der Waals surface area (Å²) >= 11 is 0. The van der Waals surface area contributed by atoms with E-state index in [4.69, 9.17) is 23.7 Å². The molecule has 2 aliphatic heterocycles. The molecule has 0 saturated carbocycles. The van der Waals surface area contributed by atoms with Gasteiger partial charge in [0.1, 0.15) is 11.5 Å². The third-order valence-electron chi connectivity index (χ3n) is 5.83. The zero-order valence-corrected chi connectivity index (χ0v) is 18.8. The van der Waals surface area contributed by atoms with Crippen molar-refractivity contribution in [2.45, 2.75) is 19.3 Å². The number of ether oxygens (including phenoxy) is 5. The zero-order chi connectivity index (χ0) is 22.3. The molecule has 32 heavy (non-hydrogen) atoms. The number of hydrogen-bond donors (Lipinski definition) is 1. The predicted molar refractivity (Wildman–Crippen MR) is 119 cm³/mol. The van der Waals surface area contributed by atoms with E-state index in [2.05, 4.69) is 21.9 Å². The fourth-order valence-corrected chi connectivity index (χ4v) is 4.08. The third-order valence-corrected chi connectivity index (χ3v) is 5.83. The molecule has 0 radical (unpaired) electrons. The molecule has 174 valence electrons. The Morgan fingerprint density at radius 1 is 0.938 bits per heavy atom. The minimum atomic E-state index is -0.535. The highest BCUT2D eigenvalue weighted by molar-refractivity contribution is 5.44. The third kappa shape index (κ3) is 5.83. The van der Waals surface area contributed by atoms with E-state index < -0.39 is 6.10 Å². The first kappa shape index (κ1) is 22.7. The summed E-state index contributed by atoms with van der Waals surface area (Å²) in [7, 11) is 3.26. The number of β-amino-alcohol motifs (C(OH)–C–C–N with tert-alkyl or cyclic N) is 1. The summed E-state index contributed by atoms with van der Waals surface area (Å²) in [6.07, 6.45) is -0.535. The van der Waals surface area contributed by atoms with Crippen LogP contribution in [0.1, 0.15) is 11.1 Å². The van der Waals surface area contributed by atoms with E-state index in [0.29, 0.717) is 19.9 Å². The summed E-state index contributed by atoms with van der Waals surface area (Å²) in [5.41, 5.74) is 2.13. The Kier molecular flexibility index (Phi) is 7.70. The molecule has 1 fully saturated rings. The van der Waals surface area contributed by atoms with Gasteiger partial charge in [-0.2, -0.15) is 0 Å². The number of aliphatic hydroxyl groups is 1. The topological polar surface area (TPSA) is 72.9 Å². The van der Waals surface area contributed by atoms with E-state index in [-0.39, 0.29) is 6.61 Å². The molecule has 0 bridgehead atoms. The number of piperazine rings is 1. The smallest absolute Gasteiger partial charge is 0.231 e. The lowest BCUT2D eigenvalue weighted by atomic mass is 10.1. The molecule has 2 aromatic carbocycles. The molecule has 0 amide bonds. The molecule has 0 unspecified atom stereocenters. The summed E-state index contributed by atoms with van der Waals surface area (Å²) in [6, 6.07) is 11.7. The molecular formula is C24H32N2O6. The van der Waals surface area contributed by atoms with Gasteiger partial charge < -0.3 is 28.8 Å². The van der Waals surface area contributed by atoms with Gasteiger partial charge in [-0.1, -0.05) is 6.07 Å². The molecule has 4 rings (SSSR count). The Hall–Kier alpha value is -2.52. The van der Waals surface area contributed by atoms with Crippen LogP contribution < -0.4 is 18.9 Å². The van der Waals surface area contributed by atoms with Crippen LogP contribution in [0.4, 0.5) is 0 Å². The van der Waals surface area contributed by atoms with E-state index in [9.17, 15) is 5.11 Å². The van der Waals surface area contributed by atoms with E-state index in [1.165, 1.54) is 5.56 Å². The minimum Gasteiger partial charge on any atom is -0.497 e. The number of benzene rings is 2. The SMILES string of the molecule is COc1ccc(OC)c(COC[C@@H](O)CN2CCN(Cc3ccc4c(c3)OCO4)CC2)c1.